The molecule has 0 aliphatic carbocycles. The number of hydrogen-bond acceptors (Lipinski definition) is 3. The third kappa shape index (κ3) is 2.25. The molecule has 5 heteroatoms. The number of halogens is 2. The second-order valence-electron chi connectivity index (χ2n) is 3.28. The highest BCUT2D eigenvalue weighted by atomic mass is 32.1. The van der Waals surface area contributed by atoms with Gasteiger partial charge >= 0.3 is 0 Å². The van der Waals surface area contributed by atoms with Crippen molar-refractivity contribution in [2.24, 2.45) is 0 Å². The molecule has 0 bridgehead atoms. The minimum Gasteiger partial charge on any atom is -0.314 e. The van der Waals surface area contributed by atoms with Crippen LogP contribution in [0.1, 0.15) is 5.01 Å². The summed E-state index contributed by atoms with van der Waals surface area (Å²) in [5.41, 5.74) is 0.882. The van der Waals surface area contributed by atoms with E-state index >= 15 is 0 Å². The van der Waals surface area contributed by atoms with Crippen molar-refractivity contribution < 1.29 is 8.78 Å². The molecule has 0 spiro atoms. The second-order valence-corrected chi connectivity index (χ2v) is 4.22. The lowest BCUT2D eigenvalue weighted by Crippen LogP contribution is -2.04. The van der Waals surface area contributed by atoms with Gasteiger partial charge in [-0.3, -0.25) is 0 Å². The van der Waals surface area contributed by atoms with E-state index in [0.717, 1.165) is 11.1 Å². The van der Waals surface area contributed by atoms with Crippen LogP contribution in [0.4, 0.5) is 8.78 Å². The van der Waals surface area contributed by atoms with Gasteiger partial charge in [-0.1, -0.05) is 0 Å². The maximum absolute atomic E-state index is 13.4. The summed E-state index contributed by atoms with van der Waals surface area (Å²) < 4.78 is 26.2. The third-order valence-corrected chi connectivity index (χ3v) is 2.94. The van der Waals surface area contributed by atoms with Gasteiger partial charge in [0.25, 0.3) is 0 Å². The summed E-state index contributed by atoms with van der Waals surface area (Å²) in [6.45, 7) is 0.646. The fourth-order valence-electron chi connectivity index (χ4n) is 1.36. The zero-order chi connectivity index (χ0) is 11.5. The van der Waals surface area contributed by atoms with Crippen molar-refractivity contribution in [2.75, 3.05) is 7.05 Å². The molecule has 0 saturated heterocycles. The Labute approximate surface area is 96.0 Å². The molecule has 0 amide bonds. The van der Waals surface area contributed by atoms with Crippen LogP contribution in [0.5, 0.6) is 0 Å². The molecule has 1 aromatic carbocycles. The molecular formula is C11H10F2N2S. The number of rotatable bonds is 3. The summed E-state index contributed by atoms with van der Waals surface area (Å²) in [5, 5.41) is 5.61. The van der Waals surface area contributed by atoms with E-state index < -0.39 is 11.6 Å². The minimum absolute atomic E-state index is 0.333. The van der Waals surface area contributed by atoms with Gasteiger partial charge in [-0.2, -0.15) is 0 Å². The molecule has 0 unspecified atom stereocenters. The maximum Gasteiger partial charge on any atom is 0.135 e. The number of benzene rings is 1. The Morgan fingerprint density at radius 2 is 2.19 bits per heavy atom. The molecule has 0 fully saturated rings. The molecule has 1 N–H and O–H groups in total. The van der Waals surface area contributed by atoms with Gasteiger partial charge in [-0.05, 0) is 19.2 Å². The summed E-state index contributed by atoms with van der Waals surface area (Å²) in [4.78, 5) is 4.25. The summed E-state index contributed by atoms with van der Waals surface area (Å²) in [5.74, 6) is -1.16. The maximum atomic E-state index is 13.4. The number of nitrogens with one attached hydrogen (secondary N) is 1. The van der Waals surface area contributed by atoms with Crippen molar-refractivity contribution in [1.29, 1.82) is 0 Å². The van der Waals surface area contributed by atoms with Crippen LogP contribution in [0.3, 0.4) is 0 Å². The van der Waals surface area contributed by atoms with Crippen molar-refractivity contribution >= 4 is 11.3 Å². The van der Waals surface area contributed by atoms with Crippen LogP contribution in [0.2, 0.25) is 0 Å². The average molecular weight is 240 g/mol. The smallest absolute Gasteiger partial charge is 0.135 e. The lowest BCUT2D eigenvalue weighted by Gasteiger charge is -1.98. The first kappa shape index (κ1) is 11.2. The first-order valence-corrected chi connectivity index (χ1v) is 5.63. The molecule has 2 nitrogen and oxygen atoms in total. The topological polar surface area (TPSA) is 24.9 Å². The van der Waals surface area contributed by atoms with Gasteiger partial charge in [0.2, 0.25) is 0 Å². The van der Waals surface area contributed by atoms with Crippen LogP contribution in [0.15, 0.2) is 23.6 Å². The van der Waals surface area contributed by atoms with Crippen LogP contribution in [0.25, 0.3) is 11.3 Å². The third-order valence-electron chi connectivity index (χ3n) is 2.09. The number of hydrogen-bond donors (Lipinski definition) is 1. The molecule has 84 valence electrons. The highest BCUT2D eigenvalue weighted by molar-refractivity contribution is 7.09. The van der Waals surface area contributed by atoms with Crippen LogP contribution in [0, 0.1) is 11.6 Å². The number of thiazole rings is 1. The van der Waals surface area contributed by atoms with E-state index in [9.17, 15) is 8.78 Å². The van der Waals surface area contributed by atoms with Gasteiger partial charge in [-0.25, -0.2) is 13.8 Å². The number of nitrogens with zero attached hydrogens (tertiary/aromatic N) is 1. The Hall–Kier alpha value is -1.33. The monoisotopic (exact) mass is 240 g/mol. The molecule has 2 rings (SSSR count). The normalized spacial score (nSPS) is 10.7. The molecule has 0 radical (unpaired) electrons. The minimum atomic E-state index is -0.582. The predicted molar refractivity (Wildman–Crippen MR) is 60.2 cm³/mol. The summed E-state index contributed by atoms with van der Waals surface area (Å²) in [6, 6.07) is 3.50. The van der Waals surface area contributed by atoms with Crippen LogP contribution in [-0.2, 0) is 6.54 Å². The van der Waals surface area contributed by atoms with Crippen LogP contribution >= 0.6 is 11.3 Å². The van der Waals surface area contributed by atoms with Crippen LogP contribution in [-0.4, -0.2) is 12.0 Å². The first-order chi connectivity index (χ1) is 7.70. The summed E-state index contributed by atoms with van der Waals surface area (Å²) in [6.07, 6.45) is 0. The van der Waals surface area contributed by atoms with Crippen molar-refractivity contribution in [3.63, 3.8) is 0 Å². The van der Waals surface area contributed by atoms with E-state index in [1.165, 1.54) is 23.5 Å². The van der Waals surface area contributed by atoms with E-state index in [1.54, 1.807) is 5.38 Å². The fourth-order valence-corrected chi connectivity index (χ4v) is 2.17. The van der Waals surface area contributed by atoms with Crippen molar-refractivity contribution in [3.05, 3.63) is 40.2 Å². The lowest BCUT2D eigenvalue weighted by molar-refractivity contribution is 0.585. The van der Waals surface area contributed by atoms with Crippen molar-refractivity contribution in [3.8, 4) is 11.3 Å². The van der Waals surface area contributed by atoms with Gasteiger partial charge in [-0.15, -0.1) is 11.3 Å². The average Bonchev–Trinajstić information content (AvgIpc) is 2.67. The quantitative estimate of drug-likeness (QED) is 0.892. The molecule has 16 heavy (non-hydrogen) atoms. The summed E-state index contributed by atoms with van der Waals surface area (Å²) in [7, 11) is 1.82. The zero-order valence-electron chi connectivity index (χ0n) is 8.63. The zero-order valence-corrected chi connectivity index (χ0v) is 9.44. The van der Waals surface area contributed by atoms with Crippen LogP contribution < -0.4 is 5.32 Å². The highest BCUT2D eigenvalue weighted by Gasteiger charge is 2.09. The number of aromatic nitrogens is 1. The fraction of sp³-hybridized carbons (Fsp3) is 0.182. The van der Waals surface area contributed by atoms with Gasteiger partial charge in [0.15, 0.2) is 0 Å². The molecule has 0 saturated carbocycles. The van der Waals surface area contributed by atoms with E-state index in [0.29, 0.717) is 17.8 Å². The molecule has 2 aromatic rings. The van der Waals surface area contributed by atoms with E-state index in [-0.39, 0.29) is 0 Å². The molecule has 0 atom stereocenters. The SMILES string of the molecule is CNCc1nc(-c2ccc(F)cc2F)cs1. The first-order valence-electron chi connectivity index (χ1n) is 4.75. The molecule has 1 aromatic heterocycles. The Balaban J connectivity index is 2.35. The van der Waals surface area contributed by atoms with E-state index in [2.05, 4.69) is 10.3 Å². The van der Waals surface area contributed by atoms with Gasteiger partial charge in [0.05, 0.1) is 5.69 Å². The molecule has 1 heterocycles. The summed E-state index contributed by atoms with van der Waals surface area (Å²) >= 11 is 1.45. The largest absolute Gasteiger partial charge is 0.314 e. The van der Waals surface area contributed by atoms with Crippen molar-refractivity contribution in [2.45, 2.75) is 6.54 Å². The van der Waals surface area contributed by atoms with Crippen molar-refractivity contribution in [1.82, 2.24) is 10.3 Å². The van der Waals surface area contributed by atoms with E-state index in [1.807, 2.05) is 7.05 Å². The Bertz CT molecular complexity index is 496. The molecular weight excluding hydrogens is 230 g/mol. The Kier molecular flexibility index (Phi) is 3.26. The molecule has 0 aliphatic heterocycles. The van der Waals surface area contributed by atoms with Gasteiger partial charge in [0, 0.05) is 23.6 Å². The predicted octanol–water partition coefficient (Wildman–Crippen LogP) is 2.81. The Morgan fingerprint density at radius 3 is 2.88 bits per heavy atom. The molecule has 0 aliphatic rings. The van der Waals surface area contributed by atoms with E-state index in [4.69, 9.17) is 0 Å². The second kappa shape index (κ2) is 4.67. The standard InChI is InChI=1S/C11H10F2N2S/c1-14-5-11-15-10(6-16-11)8-3-2-7(12)4-9(8)13/h2-4,6,14H,5H2,1H3. The highest BCUT2D eigenvalue weighted by Crippen LogP contribution is 2.24. The lowest BCUT2D eigenvalue weighted by atomic mass is 10.1. The van der Waals surface area contributed by atoms with Gasteiger partial charge in [0.1, 0.15) is 16.6 Å². The Morgan fingerprint density at radius 1 is 1.38 bits per heavy atom. The van der Waals surface area contributed by atoms with Gasteiger partial charge < -0.3 is 5.32 Å².